The monoisotopic (exact) mass is 302 g/mol. The number of methoxy groups -OCH3 is 2. The van der Waals surface area contributed by atoms with Crippen molar-refractivity contribution in [3.05, 3.63) is 70.8 Å². The van der Waals surface area contributed by atoms with Crippen molar-refractivity contribution in [3.8, 4) is 5.75 Å². The van der Waals surface area contributed by atoms with Gasteiger partial charge in [0.05, 0.1) is 14.2 Å². The van der Waals surface area contributed by atoms with Crippen LogP contribution in [-0.2, 0) is 9.53 Å². The minimum atomic E-state index is -0.416. The van der Waals surface area contributed by atoms with E-state index in [0.29, 0.717) is 5.02 Å². The lowest BCUT2D eigenvalue weighted by Crippen LogP contribution is -1.98. The number of rotatable bonds is 4. The third-order valence-corrected chi connectivity index (χ3v) is 3.24. The van der Waals surface area contributed by atoms with E-state index in [1.54, 1.807) is 19.2 Å². The van der Waals surface area contributed by atoms with Gasteiger partial charge in [0, 0.05) is 11.1 Å². The number of esters is 1. The lowest BCUT2D eigenvalue weighted by Gasteiger charge is -2.09. The third-order valence-electron chi connectivity index (χ3n) is 3.00. The van der Waals surface area contributed by atoms with Gasteiger partial charge in [-0.25, -0.2) is 4.79 Å². The van der Waals surface area contributed by atoms with Crippen LogP contribution in [0.25, 0.3) is 5.57 Å². The molecule has 0 heterocycles. The highest BCUT2D eigenvalue weighted by Crippen LogP contribution is 2.27. The predicted octanol–water partition coefficient (Wildman–Crippen LogP) is 3.95. The van der Waals surface area contributed by atoms with Crippen molar-refractivity contribution in [3.63, 3.8) is 0 Å². The topological polar surface area (TPSA) is 35.5 Å². The average molecular weight is 303 g/mol. The van der Waals surface area contributed by atoms with Gasteiger partial charge in [-0.2, -0.15) is 0 Å². The Morgan fingerprint density at radius 1 is 1.05 bits per heavy atom. The molecule has 3 nitrogen and oxygen atoms in total. The highest BCUT2D eigenvalue weighted by Gasteiger charge is 2.09. The summed E-state index contributed by atoms with van der Waals surface area (Å²) in [7, 11) is 2.96. The summed E-state index contributed by atoms with van der Waals surface area (Å²) in [4.78, 5) is 11.6. The van der Waals surface area contributed by atoms with Crippen molar-refractivity contribution in [2.45, 2.75) is 0 Å². The van der Waals surface area contributed by atoms with Gasteiger partial charge < -0.3 is 9.47 Å². The zero-order valence-electron chi connectivity index (χ0n) is 11.8. The van der Waals surface area contributed by atoms with Crippen LogP contribution in [0.5, 0.6) is 5.75 Å². The summed E-state index contributed by atoms with van der Waals surface area (Å²) in [6.07, 6.45) is 1.45. The fourth-order valence-electron chi connectivity index (χ4n) is 1.94. The number of carbonyl (C=O) groups is 1. The Morgan fingerprint density at radius 2 is 1.76 bits per heavy atom. The van der Waals surface area contributed by atoms with Crippen molar-refractivity contribution in [1.29, 1.82) is 0 Å². The van der Waals surface area contributed by atoms with Crippen LogP contribution < -0.4 is 4.74 Å². The maximum atomic E-state index is 11.6. The molecule has 0 radical (unpaired) electrons. The summed E-state index contributed by atoms with van der Waals surface area (Å²) in [6.45, 7) is 0. The van der Waals surface area contributed by atoms with Crippen LogP contribution in [0.15, 0.2) is 54.6 Å². The first-order valence-electron chi connectivity index (χ1n) is 6.34. The van der Waals surface area contributed by atoms with E-state index in [1.165, 1.54) is 13.2 Å². The van der Waals surface area contributed by atoms with Crippen molar-refractivity contribution in [2.75, 3.05) is 14.2 Å². The Bertz CT molecular complexity index is 660. The summed E-state index contributed by atoms with van der Waals surface area (Å²) < 4.78 is 9.87. The van der Waals surface area contributed by atoms with Gasteiger partial charge in [-0.15, -0.1) is 0 Å². The van der Waals surface area contributed by atoms with Crippen molar-refractivity contribution < 1.29 is 14.3 Å². The van der Waals surface area contributed by atoms with Crippen LogP contribution in [-0.4, -0.2) is 20.2 Å². The first kappa shape index (κ1) is 15.1. The third kappa shape index (κ3) is 3.86. The minimum absolute atomic E-state index is 0.416. The smallest absolute Gasteiger partial charge is 0.331 e. The summed E-state index contributed by atoms with van der Waals surface area (Å²) in [5, 5.41) is 0.608. The van der Waals surface area contributed by atoms with E-state index in [2.05, 4.69) is 0 Å². The number of hydrogen-bond donors (Lipinski definition) is 0. The zero-order valence-corrected chi connectivity index (χ0v) is 12.6. The first-order valence-corrected chi connectivity index (χ1v) is 6.72. The summed E-state index contributed by atoms with van der Waals surface area (Å²) in [5.74, 6) is 0.336. The Hall–Kier alpha value is -2.26. The Morgan fingerprint density at radius 3 is 2.33 bits per heavy atom. The van der Waals surface area contributed by atoms with E-state index in [4.69, 9.17) is 21.1 Å². The molecule has 0 bridgehead atoms. The van der Waals surface area contributed by atoms with E-state index in [0.717, 1.165) is 22.4 Å². The Labute approximate surface area is 128 Å². The number of halogens is 1. The lowest BCUT2D eigenvalue weighted by molar-refractivity contribution is -0.134. The van der Waals surface area contributed by atoms with E-state index < -0.39 is 5.97 Å². The molecule has 0 spiro atoms. The second-order valence-electron chi connectivity index (χ2n) is 4.32. The number of ether oxygens (including phenoxy) is 2. The quantitative estimate of drug-likeness (QED) is 0.633. The van der Waals surface area contributed by atoms with E-state index in [1.807, 2.05) is 36.4 Å². The molecular formula is C17H15ClO3. The van der Waals surface area contributed by atoms with Gasteiger partial charge in [-0.1, -0.05) is 35.9 Å². The highest BCUT2D eigenvalue weighted by atomic mass is 35.5. The molecule has 0 unspecified atom stereocenters. The van der Waals surface area contributed by atoms with Crippen molar-refractivity contribution in [1.82, 2.24) is 0 Å². The maximum Gasteiger partial charge on any atom is 0.331 e. The summed E-state index contributed by atoms with van der Waals surface area (Å²) in [6, 6.07) is 14.8. The van der Waals surface area contributed by atoms with Crippen LogP contribution in [0.2, 0.25) is 5.02 Å². The second kappa shape index (κ2) is 6.95. The molecule has 0 atom stereocenters. The van der Waals surface area contributed by atoms with Gasteiger partial charge in [-0.3, -0.25) is 0 Å². The number of carbonyl (C=O) groups excluding carboxylic acids is 1. The average Bonchev–Trinajstić information content (AvgIpc) is 2.52. The lowest BCUT2D eigenvalue weighted by atomic mass is 9.97. The summed E-state index contributed by atoms with van der Waals surface area (Å²) >= 11 is 6.03. The normalized spacial score (nSPS) is 11.1. The minimum Gasteiger partial charge on any atom is -0.497 e. The molecule has 4 heteroatoms. The SMILES string of the molecule is COC(=O)/C=C(/c1ccc(OC)cc1)c1cccc(Cl)c1. The van der Waals surface area contributed by atoms with Gasteiger partial charge in [0.15, 0.2) is 0 Å². The van der Waals surface area contributed by atoms with Crippen molar-refractivity contribution in [2.24, 2.45) is 0 Å². The second-order valence-corrected chi connectivity index (χ2v) is 4.76. The fraction of sp³-hybridized carbons (Fsp3) is 0.118. The van der Waals surface area contributed by atoms with Gasteiger partial charge in [-0.05, 0) is 41.0 Å². The molecule has 0 N–H and O–H groups in total. The molecule has 0 aliphatic heterocycles. The molecule has 0 saturated carbocycles. The van der Waals surface area contributed by atoms with E-state index in [9.17, 15) is 4.79 Å². The number of hydrogen-bond acceptors (Lipinski definition) is 3. The zero-order chi connectivity index (χ0) is 15.2. The van der Waals surface area contributed by atoms with E-state index in [-0.39, 0.29) is 0 Å². The van der Waals surface area contributed by atoms with Gasteiger partial charge in [0.2, 0.25) is 0 Å². The fourth-order valence-corrected chi connectivity index (χ4v) is 2.13. The molecule has 0 amide bonds. The highest BCUT2D eigenvalue weighted by molar-refractivity contribution is 6.30. The molecule has 21 heavy (non-hydrogen) atoms. The molecule has 0 aliphatic rings. The molecule has 2 aromatic carbocycles. The molecule has 0 aromatic heterocycles. The van der Waals surface area contributed by atoms with Gasteiger partial charge in [0.1, 0.15) is 5.75 Å². The number of benzene rings is 2. The molecular weight excluding hydrogens is 288 g/mol. The largest absolute Gasteiger partial charge is 0.497 e. The molecule has 108 valence electrons. The van der Waals surface area contributed by atoms with Crippen LogP contribution in [0.1, 0.15) is 11.1 Å². The van der Waals surface area contributed by atoms with Gasteiger partial charge in [0.25, 0.3) is 0 Å². The van der Waals surface area contributed by atoms with Crippen LogP contribution in [0.3, 0.4) is 0 Å². The van der Waals surface area contributed by atoms with E-state index >= 15 is 0 Å². The van der Waals surface area contributed by atoms with Gasteiger partial charge >= 0.3 is 5.97 Å². The summed E-state index contributed by atoms with van der Waals surface area (Å²) in [5.41, 5.74) is 2.47. The molecule has 2 aromatic rings. The van der Waals surface area contributed by atoms with Crippen molar-refractivity contribution >= 4 is 23.1 Å². The molecule has 2 rings (SSSR count). The Balaban J connectivity index is 2.50. The molecule has 0 fully saturated rings. The Kier molecular flexibility index (Phi) is 5.01. The van der Waals surface area contributed by atoms with Crippen LogP contribution >= 0.6 is 11.6 Å². The molecule has 0 saturated heterocycles. The predicted molar refractivity (Wildman–Crippen MR) is 83.5 cm³/mol. The molecule has 0 aliphatic carbocycles. The van der Waals surface area contributed by atoms with Crippen LogP contribution in [0, 0.1) is 0 Å². The standard InChI is InChI=1S/C17H15ClO3/c1-20-15-8-6-12(7-9-15)16(11-17(19)21-2)13-4-3-5-14(18)10-13/h3-11H,1-2H3/b16-11-. The maximum absolute atomic E-state index is 11.6. The first-order chi connectivity index (χ1) is 10.1. The van der Waals surface area contributed by atoms with Crippen LogP contribution in [0.4, 0.5) is 0 Å².